The molecule has 2 aliphatic rings. The predicted molar refractivity (Wildman–Crippen MR) is 110 cm³/mol. The van der Waals surface area contributed by atoms with E-state index in [1.165, 1.54) is 25.7 Å². The number of nitrogens with zero attached hydrogens (tertiary/aromatic N) is 2. The Morgan fingerprint density at radius 1 is 0.963 bits per heavy atom. The Bertz CT molecular complexity index is 617. The Morgan fingerprint density at radius 2 is 1.63 bits per heavy atom. The normalized spacial score (nSPS) is 17.1. The van der Waals surface area contributed by atoms with E-state index < -0.39 is 0 Å². The molecule has 1 saturated heterocycles. The van der Waals surface area contributed by atoms with E-state index in [0.717, 1.165) is 56.8 Å². The molecule has 1 aromatic carbocycles. The molecule has 2 fully saturated rings. The molecule has 1 saturated carbocycles. The molecule has 5 nitrogen and oxygen atoms in total. The van der Waals surface area contributed by atoms with Gasteiger partial charge in [-0.1, -0.05) is 32.6 Å². The van der Waals surface area contributed by atoms with E-state index in [-0.39, 0.29) is 11.8 Å². The van der Waals surface area contributed by atoms with Crippen LogP contribution in [0.2, 0.25) is 0 Å². The van der Waals surface area contributed by atoms with E-state index in [4.69, 9.17) is 0 Å². The third-order valence-electron chi connectivity index (χ3n) is 5.57. The van der Waals surface area contributed by atoms with Crippen LogP contribution >= 0.6 is 0 Å². The lowest BCUT2D eigenvalue weighted by Crippen LogP contribution is -2.48. The lowest BCUT2D eigenvalue weighted by atomic mass is 10.1. The standard InChI is InChI=1S/C22H33N3O2/c1-2-3-4-5-6-7-21(26)25-16-14-24(15-17-25)20-12-10-19(11-13-20)23-22(27)18-8-9-18/h10-13,18H,2-9,14-17H2,1H3,(H,23,27). The molecule has 0 bridgehead atoms. The van der Waals surface area contributed by atoms with Crippen molar-refractivity contribution in [2.45, 2.75) is 58.3 Å². The summed E-state index contributed by atoms with van der Waals surface area (Å²) in [5.41, 5.74) is 2.03. The van der Waals surface area contributed by atoms with Crippen LogP contribution in [-0.2, 0) is 9.59 Å². The van der Waals surface area contributed by atoms with Crippen molar-refractivity contribution in [2.75, 3.05) is 36.4 Å². The Balaban J connectivity index is 1.39. The van der Waals surface area contributed by atoms with Gasteiger partial charge in [-0.3, -0.25) is 9.59 Å². The van der Waals surface area contributed by atoms with Crippen molar-refractivity contribution in [3.63, 3.8) is 0 Å². The molecule has 0 radical (unpaired) electrons. The molecule has 0 spiro atoms. The first-order chi connectivity index (χ1) is 13.2. The fourth-order valence-corrected chi connectivity index (χ4v) is 3.60. The van der Waals surface area contributed by atoms with Gasteiger partial charge in [0.1, 0.15) is 0 Å². The number of anilines is 2. The first-order valence-corrected chi connectivity index (χ1v) is 10.6. The average molecular weight is 372 g/mol. The Hall–Kier alpha value is -2.04. The molecule has 1 aromatic rings. The van der Waals surface area contributed by atoms with Crippen molar-refractivity contribution in [2.24, 2.45) is 5.92 Å². The minimum atomic E-state index is 0.143. The van der Waals surface area contributed by atoms with Crippen LogP contribution in [0, 0.1) is 5.92 Å². The summed E-state index contributed by atoms with van der Waals surface area (Å²) in [6.07, 6.45) is 8.68. The van der Waals surface area contributed by atoms with Gasteiger partial charge in [0.2, 0.25) is 11.8 Å². The van der Waals surface area contributed by atoms with E-state index in [1.807, 2.05) is 17.0 Å². The van der Waals surface area contributed by atoms with Gasteiger partial charge in [-0.15, -0.1) is 0 Å². The smallest absolute Gasteiger partial charge is 0.227 e. The summed E-state index contributed by atoms with van der Waals surface area (Å²) in [4.78, 5) is 28.5. The highest BCUT2D eigenvalue weighted by molar-refractivity contribution is 5.94. The van der Waals surface area contributed by atoms with Gasteiger partial charge in [0.15, 0.2) is 0 Å². The van der Waals surface area contributed by atoms with Crippen molar-refractivity contribution >= 4 is 23.2 Å². The molecular weight excluding hydrogens is 338 g/mol. The second kappa shape index (κ2) is 9.77. The molecule has 5 heteroatoms. The van der Waals surface area contributed by atoms with Crippen LogP contribution in [0.25, 0.3) is 0 Å². The van der Waals surface area contributed by atoms with Gasteiger partial charge in [0, 0.05) is 49.9 Å². The van der Waals surface area contributed by atoms with Crippen LogP contribution in [-0.4, -0.2) is 42.9 Å². The maximum Gasteiger partial charge on any atom is 0.227 e. The van der Waals surface area contributed by atoms with Gasteiger partial charge >= 0.3 is 0 Å². The number of nitrogens with one attached hydrogen (secondary N) is 1. The number of amides is 2. The van der Waals surface area contributed by atoms with Gasteiger partial charge in [-0.25, -0.2) is 0 Å². The van der Waals surface area contributed by atoms with Crippen LogP contribution in [0.15, 0.2) is 24.3 Å². The number of carbonyl (C=O) groups excluding carboxylic acids is 2. The largest absolute Gasteiger partial charge is 0.368 e. The summed E-state index contributed by atoms with van der Waals surface area (Å²) in [7, 11) is 0. The van der Waals surface area contributed by atoms with Gasteiger partial charge in [0.25, 0.3) is 0 Å². The molecule has 1 aliphatic carbocycles. The first-order valence-electron chi connectivity index (χ1n) is 10.6. The van der Waals surface area contributed by atoms with Crippen molar-refractivity contribution in [3.05, 3.63) is 24.3 Å². The molecule has 0 unspecified atom stereocenters. The topological polar surface area (TPSA) is 52.7 Å². The van der Waals surface area contributed by atoms with Crippen molar-refractivity contribution in [1.82, 2.24) is 4.90 Å². The molecule has 148 valence electrons. The van der Waals surface area contributed by atoms with Crippen molar-refractivity contribution < 1.29 is 9.59 Å². The zero-order valence-corrected chi connectivity index (χ0v) is 16.6. The summed E-state index contributed by atoms with van der Waals surface area (Å²) in [5.74, 6) is 0.677. The molecular formula is C22H33N3O2. The number of hydrogen-bond donors (Lipinski definition) is 1. The highest BCUT2D eigenvalue weighted by Crippen LogP contribution is 2.30. The van der Waals surface area contributed by atoms with E-state index in [9.17, 15) is 9.59 Å². The highest BCUT2D eigenvalue weighted by atomic mass is 16.2. The quantitative estimate of drug-likeness (QED) is 0.667. The van der Waals surface area contributed by atoms with E-state index in [2.05, 4.69) is 29.3 Å². The van der Waals surface area contributed by atoms with Gasteiger partial charge < -0.3 is 15.1 Å². The summed E-state index contributed by atoms with van der Waals surface area (Å²) in [6, 6.07) is 8.08. The number of hydrogen-bond acceptors (Lipinski definition) is 3. The Kier molecular flexibility index (Phi) is 7.13. The number of rotatable bonds is 9. The maximum atomic E-state index is 12.3. The van der Waals surface area contributed by atoms with Crippen LogP contribution in [0.5, 0.6) is 0 Å². The van der Waals surface area contributed by atoms with E-state index in [0.29, 0.717) is 12.3 Å². The predicted octanol–water partition coefficient (Wildman–Crippen LogP) is 4.04. The molecule has 1 N–H and O–H groups in total. The minimum absolute atomic E-state index is 0.143. The zero-order valence-electron chi connectivity index (χ0n) is 16.6. The molecule has 2 amide bonds. The molecule has 1 aliphatic heterocycles. The molecule has 3 rings (SSSR count). The average Bonchev–Trinajstić information content (AvgIpc) is 3.54. The number of carbonyl (C=O) groups is 2. The Morgan fingerprint density at radius 3 is 2.26 bits per heavy atom. The maximum absolute atomic E-state index is 12.3. The van der Waals surface area contributed by atoms with Crippen LogP contribution in [0.3, 0.4) is 0 Å². The third kappa shape index (κ3) is 5.98. The van der Waals surface area contributed by atoms with E-state index >= 15 is 0 Å². The monoisotopic (exact) mass is 371 g/mol. The fourth-order valence-electron chi connectivity index (χ4n) is 3.60. The molecule has 27 heavy (non-hydrogen) atoms. The van der Waals surface area contributed by atoms with Crippen LogP contribution in [0.1, 0.15) is 58.3 Å². The first kappa shape index (κ1) is 19.7. The van der Waals surface area contributed by atoms with Gasteiger partial charge in [0.05, 0.1) is 0 Å². The number of piperazine rings is 1. The van der Waals surface area contributed by atoms with Gasteiger partial charge in [-0.05, 0) is 43.5 Å². The fraction of sp³-hybridized carbons (Fsp3) is 0.636. The van der Waals surface area contributed by atoms with Crippen molar-refractivity contribution in [3.8, 4) is 0 Å². The Labute approximate surface area is 163 Å². The summed E-state index contributed by atoms with van der Waals surface area (Å²) in [6.45, 7) is 5.55. The molecule has 1 heterocycles. The zero-order chi connectivity index (χ0) is 19.1. The second-order valence-corrected chi connectivity index (χ2v) is 7.84. The number of unbranched alkanes of at least 4 members (excludes halogenated alkanes) is 4. The summed E-state index contributed by atoms with van der Waals surface area (Å²) >= 11 is 0. The summed E-state index contributed by atoms with van der Waals surface area (Å²) < 4.78 is 0. The lowest BCUT2D eigenvalue weighted by Gasteiger charge is -2.36. The van der Waals surface area contributed by atoms with E-state index in [1.54, 1.807) is 0 Å². The van der Waals surface area contributed by atoms with Crippen molar-refractivity contribution in [1.29, 1.82) is 0 Å². The van der Waals surface area contributed by atoms with Gasteiger partial charge in [-0.2, -0.15) is 0 Å². The molecule has 0 atom stereocenters. The SMILES string of the molecule is CCCCCCCC(=O)N1CCN(c2ccc(NC(=O)C3CC3)cc2)CC1. The third-order valence-corrected chi connectivity index (χ3v) is 5.57. The lowest BCUT2D eigenvalue weighted by molar-refractivity contribution is -0.131. The summed E-state index contributed by atoms with van der Waals surface area (Å²) in [5, 5.41) is 2.98. The number of benzene rings is 1. The molecule has 0 aromatic heterocycles. The van der Waals surface area contributed by atoms with Crippen LogP contribution in [0.4, 0.5) is 11.4 Å². The second-order valence-electron chi connectivity index (χ2n) is 7.84. The highest BCUT2D eigenvalue weighted by Gasteiger charge is 2.29. The van der Waals surface area contributed by atoms with Crippen LogP contribution < -0.4 is 10.2 Å². The minimum Gasteiger partial charge on any atom is -0.368 e.